The number of rotatable bonds is 8. The zero-order valence-corrected chi connectivity index (χ0v) is 23.0. The second-order valence-electron chi connectivity index (χ2n) is 9.15. The Morgan fingerprint density at radius 1 is 1.09 bits per heavy atom. The van der Waals surface area contributed by atoms with Crippen LogP contribution in [0, 0.1) is 0 Å². The first kappa shape index (κ1) is 28.1. The second-order valence-corrected chi connectivity index (χ2v) is 16.5. The fourth-order valence-electron chi connectivity index (χ4n) is 2.61. The Hall–Kier alpha value is -1.16. The van der Waals surface area contributed by atoms with Crippen molar-refractivity contribution in [2.24, 2.45) is 0 Å². The summed E-state index contributed by atoms with van der Waals surface area (Å²) in [5, 5.41) is 2.75. The zero-order chi connectivity index (χ0) is 24.9. The first-order valence-corrected chi connectivity index (χ1v) is 14.5. The third-order valence-corrected chi connectivity index (χ3v) is 10.4. The summed E-state index contributed by atoms with van der Waals surface area (Å²) in [6.07, 6.45) is 1.58. The number of hydrogen-bond acceptors (Lipinski definition) is 6. The largest absolute Gasteiger partial charge is 0.497 e. The molecule has 186 valence electrons. The molecule has 3 atom stereocenters. The number of benzene rings is 1. The van der Waals surface area contributed by atoms with E-state index in [-0.39, 0.29) is 18.3 Å². The maximum atomic E-state index is 12.2. The van der Waals surface area contributed by atoms with E-state index in [1.165, 1.54) is 0 Å². The van der Waals surface area contributed by atoms with Crippen LogP contribution in [0.25, 0.3) is 0 Å². The van der Waals surface area contributed by atoms with E-state index >= 15 is 0 Å². The molecule has 1 aliphatic rings. The summed E-state index contributed by atoms with van der Waals surface area (Å²) in [6, 6.07) is 6.65. The molecule has 0 fully saturated rings. The lowest BCUT2D eigenvalue weighted by Crippen LogP contribution is -2.52. The molecule has 1 amide bonds. The number of carbonyl (C=O) groups excluding carboxylic acids is 1. The molecule has 0 aromatic heterocycles. The van der Waals surface area contributed by atoms with Crippen LogP contribution < -0.4 is 14.8 Å². The van der Waals surface area contributed by atoms with E-state index in [9.17, 15) is 4.79 Å². The maximum absolute atomic E-state index is 12.2. The Kier molecular flexibility index (Phi) is 9.79. The van der Waals surface area contributed by atoms with E-state index in [1.54, 1.807) is 43.5 Å². The molecule has 0 radical (unpaired) electrons. The van der Waals surface area contributed by atoms with Gasteiger partial charge in [-0.25, -0.2) is 4.79 Å². The van der Waals surface area contributed by atoms with E-state index in [2.05, 4.69) is 39.2 Å². The summed E-state index contributed by atoms with van der Waals surface area (Å²) in [4.78, 5) is 12.2. The lowest BCUT2D eigenvalue weighted by molar-refractivity contribution is -0.116. The number of alkyl halides is 3. The van der Waals surface area contributed by atoms with Gasteiger partial charge in [-0.05, 0) is 48.5 Å². The molecule has 0 saturated heterocycles. The molecule has 2 rings (SSSR count). The van der Waals surface area contributed by atoms with Crippen molar-refractivity contribution in [1.82, 2.24) is 5.32 Å². The maximum Gasteiger partial charge on any atom is 0.407 e. The van der Waals surface area contributed by atoms with E-state index in [0.29, 0.717) is 5.75 Å². The Morgan fingerprint density at radius 2 is 1.70 bits per heavy atom. The minimum atomic E-state index is -2.06. The molecule has 0 bridgehead atoms. The van der Waals surface area contributed by atoms with Crippen molar-refractivity contribution >= 4 is 49.2 Å². The Labute approximate surface area is 211 Å². The average molecular weight is 541 g/mol. The van der Waals surface area contributed by atoms with Gasteiger partial charge >= 0.3 is 6.09 Å². The van der Waals surface area contributed by atoms with Gasteiger partial charge < -0.3 is 28.7 Å². The van der Waals surface area contributed by atoms with E-state index in [4.69, 9.17) is 58.2 Å². The summed E-state index contributed by atoms with van der Waals surface area (Å²) >= 11 is 17.0. The lowest BCUT2D eigenvalue weighted by atomic mass is 10.1. The topological polar surface area (TPSA) is 75.3 Å². The molecule has 11 heteroatoms. The number of amides is 1. The molecule has 7 nitrogen and oxygen atoms in total. The van der Waals surface area contributed by atoms with Gasteiger partial charge in [0.1, 0.15) is 24.2 Å². The standard InChI is InChI=1S/C22H32Cl3NO6Si/c1-21(2,3)33(5,6)30-13-18-17(26-20(27)29-14-22(23,24)25)11-12-19(32-18)31-16-9-7-15(28-4)8-10-16/h7-12,17-19H,13-14H2,1-6H3,(H,26,27)/t17-,18+,19-/m0/s1. The Bertz CT molecular complexity index is 808. The summed E-state index contributed by atoms with van der Waals surface area (Å²) in [6.45, 7) is 10.6. The number of halogens is 3. The molecule has 1 N–H and O–H groups in total. The number of ether oxygens (including phenoxy) is 4. The normalized spacial score (nSPS) is 21.4. The van der Waals surface area contributed by atoms with Crippen LogP contribution in [0.1, 0.15) is 20.8 Å². The first-order chi connectivity index (χ1) is 15.2. The minimum Gasteiger partial charge on any atom is -0.497 e. The summed E-state index contributed by atoms with van der Waals surface area (Å²) in [5.74, 6) is 1.34. The van der Waals surface area contributed by atoms with E-state index < -0.39 is 36.6 Å². The highest BCUT2D eigenvalue weighted by Crippen LogP contribution is 2.37. The highest BCUT2D eigenvalue weighted by Gasteiger charge is 2.39. The van der Waals surface area contributed by atoms with Crippen molar-refractivity contribution in [2.45, 2.75) is 61.1 Å². The van der Waals surface area contributed by atoms with Crippen LogP contribution in [0.3, 0.4) is 0 Å². The van der Waals surface area contributed by atoms with Gasteiger partial charge in [0.2, 0.25) is 10.1 Å². The van der Waals surface area contributed by atoms with Crippen LogP contribution in [-0.2, 0) is 13.9 Å². The van der Waals surface area contributed by atoms with Crippen molar-refractivity contribution in [3.8, 4) is 11.5 Å². The van der Waals surface area contributed by atoms with Gasteiger partial charge in [0.05, 0.1) is 19.8 Å². The zero-order valence-electron chi connectivity index (χ0n) is 19.7. The molecule has 0 unspecified atom stereocenters. The fraction of sp³-hybridized carbons (Fsp3) is 0.591. The van der Waals surface area contributed by atoms with Crippen LogP contribution in [0.2, 0.25) is 18.1 Å². The molecule has 0 aliphatic carbocycles. The number of nitrogens with one attached hydrogen (secondary N) is 1. The third kappa shape index (κ3) is 9.19. The quantitative estimate of drug-likeness (QED) is 0.254. The molecule has 1 heterocycles. The predicted molar refractivity (Wildman–Crippen MR) is 133 cm³/mol. The second kappa shape index (κ2) is 11.5. The van der Waals surface area contributed by atoms with E-state index in [1.807, 2.05) is 0 Å². The van der Waals surface area contributed by atoms with Crippen molar-refractivity contribution in [3.63, 3.8) is 0 Å². The van der Waals surface area contributed by atoms with E-state index in [0.717, 1.165) is 5.75 Å². The fourth-order valence-corrected chi connectivity index (χ4v) is 3.79. The van der Waals surface area contributed by atoms with Gasteiger partial charge in [-0.2, -0.15) is 0 Å². The number of methoxy groups -OCH3 is 1. The van der Waals surface area contributed by atoms with Gasteiger partial charge in [0, 0.05) is 0 Å². The van der Waals surface area contributed by atoms with Crippen molar-refractivity contribution in [2.75, 3.05) is 20.3 Å². The SMILES string of the molecule is COc1ccc(O[C@@H]2C=C[C@H](NC(=O)OCC(Cl)(Cl)Cl)[C@@H](CO[Si](C)(C)C(C)(C)C)O2)cc1. The van der Waals surface area contributed by atoms with Crippen molar-refractivity contribution < 1.29 is 28.2 Å². The van der Waals surface area contributed by atoms with Gasteiger partial charge in [0.15, 0.2) is 8.32 Å². The summed E-state index contributed by atoms with van der Waals surface area (Å²) < 4.78 is 26.9. The van der Waals surface area contributed by atoms with Crippen LogP contribution in [0.5, 0.6) is 11.5 Å². The smallest absolute Gasteiger partial charge is 0.407 e. The van der Waals surface area contributed by atoms with Crippen LogP contribution in [-0.4, -0.2) is 57.0 Å². The Morgan fingerprint density at radius 3 is 2.24 bits per heavy atom. The van der Waals surface area contributed by atoms with Crippen molar-refractivity contribution in [1.29, 1.82) is 0 Å². The lowest BCUT2D eigenvalue weighted by Gasteiger charge is -2.39. The third-order valence-electron chi connectivity index (χ3n) is 5.56. The summed E-state index contributed by atoms with van der Waals surface area (Å²) in [7, 11) is -0.462. The molecule has 1 aliphatic heterocycles. The van der Waals surface area contributed by atoms with Crippen LogP contribution in [0.4, 0.5) is 4.79 Å². The number of hydrogen-bond donors (Lipinski definition) is 1. The molecular weight excluding hydrogens is 509 g/mol. The van der Waals surface area contributed by atoms with Crippen molar-refractivity contribution in [3.05, 3.63) is 36.4 Å². The number of alkyl carbamates (subject to hydrolysis) is 1. The average Bonchev–Trinajstić information content (AvgIpc) is 2.71. The molecular formula is C22H32Cl3NO6Si. The molecule has 0 spiro atoms. The first-order valence-electron chi connectivity index (χ1n) is 10.5. The summed E-state index contributed by atoms with van der Waals surface area (Å²) in [5.41, 5.74) is 0. The van der Waals surface area contributed by atoms with Gasteiger partial charge in [-0.15, -0.1) is 0 Å². The van der Waals surface area contributed by atoms with Crippen LogP contribution >= 0.6 is 34.8 Å². The molecule has 1 aromatic carbocycles. The van der Waals surface area contributed by atoms with Gasteiger partial charge in [-0.1, -0.05) is 61.7 Å². The monoisotopic (exact) mass is 539 g/mol. The predicted octanol–water partition coefficient (Wildman–Crippen LogP) is 5.84. The molecule has 0 saturated carbocycles. The Balaban J connectivity index is 2.10. The van der Waals surface area contributed by atoms with Gasteiger partial charge in [-0.3, -0.25) is 0 Å². The number of carbonyl (C=O) groups is 1. The molecule has 1 aromatic rings. The minimum absolute atomic E-state index is 0.0166. The highest BCUT2D eigenvalue weighted by molar-refractivity contribution is 6.74. The van der Waals surface area contributed by atoms with Gasteiger partial charge in [0.25, 0.3) is 0 Å². The molecule has 33 heavy (non-hydrogen) atoms. The van der Waals surface area contributed by atoms with Crippen LogP contribution in [0.15, 0.2) is 36.4 Å². The highest BCUT2D eigenvalue weighted by atomic mass is 35.6.